The Morgan fingerprint density at radius 1 is 1.15 bits per heavy atom. The summed E-state index contributed by atoms with van der Waals surface area (Å²) >= 11 is 0. The van der Waals surface area contributed by atoms with Crippen LogP contribution in [0.3, 0.4) is 0 Å². The fraction of sp³-hybridized carbons (Fsp3) is 0.533. The molecule has 0 unspecified atom stereocenters. The van der Waals surface area contributed by atoms with E-state index >= 15 is 0 Å². The number of anilines is 1. The highest BCUT2D eigenvalue weighted by molar-refractivity contribution is 5.95. The third-order valence-corrected chi connectivity index (χ3v) is 3.13. The molecule has 0 heterocycles. The predicted molar refractivity (Wildman–Crippen MR) is 76.5 cm³/mol. The van der Waals surface area contributed by atoms with Gasteiger partial charge in [-0.05, 0) is 18.6 Å². The van der Waals surface area contributed by atoms with E-state index in [0.717, 1.165) is 31.4 Å². The molecule has 0 bridgehead atoms. The minimum absolute atomic E-state index is 0.339. The molecule has 0 aliphatic rings. The third kappa shape index (κ3) is 5.15. The van der Waals surface area contributed by atoms with Gasteiger partial charge in [0.1, 0.15) is 5.82 Å². The second-order valence-electron chi connectivity index (χ2n) is 4.88. The quantitative estimate of drug-likeness (QED) is 0.565. The zero-order valence-electron chi connectivity index (χ0n) is 11.8. The lowest BCUT2D eigenvalue weighted by molar-refractivity contribution is 0.0948. The zero-order valence-corrected chi connectivity index (χ0v) is 11.8. The van der Waals surface area contributed by atoms with Gasteiger partial charge in [-0.3, -0.25) is 4.79 Å². The van der Waals surface area contributed by atoms with Crippen molar-refractivity contribution in [3.05, 3.63) is 29.3 Å². The van der Waals surface area contributed by atoms with E-state index in [9.17, 15) is 13.6 Å². The lowest BCUT2D eigenvalue weighted by Gasteiger charge is -2.07. The maximum atomic E-state index is 13.6. The molecule has 0 fully saturated rings. The molecule has 0 atom stereocenters. The summed E-state index contributed by atoms with van der Waals surface area (Å²) in [6, 6.07) is 1.72. The molecule has 1 amide bonds. The molecule has 112 valence electrons. The Hall–Kier alpha value is -1.65. The summed E-state index contributed by atoms with van der Waals surface area (Å²) < 4.78 is 26.7. The first kappa shape index (κ1) is 16.4. The summed E-state index contributed by atoms with van der Waals surface area (Å²) in [4.78, 5) is 11.7. The average Bonchev–Trinajstić information content (AvgIpc) is 2.41. The number of nitrogen functional groups attached to an aromatic ring is 1. The molecule has 20 heavy (non-hydrogen) atoms. The Balaban J connectivity index is 2.36. The number of halogens is 2. The molecule has 5 heteroatoms. The fourth-order valence-corrected chi connectivity index (χ4v) is 1.98. The van der Waals surface area contributed by atoms with E-state index in [2.05, 4.69) is 12.2 Å². The van der Waals surface area contributed by atoms with Gasteiger partial charge in [0.2, 0.25) is 0 Å². The third-order valence-electron chi connectivity index (χ3n) is 3.13. The molecule has 0 aromatic heterocycles. The van der Waals surface area contributed by atoms with Crippen molar-refractivity contribution in [3.8, 4) is 0 Å². The van der Waals surface area contributed by atoms with Crippen LogP contribution < -0.4 is 11.1 Å². The number of nitrogens with two attached hydrogens (primary N) is 1. The Bertz CT molecular complexity index is 450. The van der Waals surface area contributed by atoms with E-state index in [1.54, 1.807) is 0 Å². The molecule has 1 aromatic rings. The van der Waals surface area contributed by atoms with Crippen LogP contribution in [0.15, 0.2) is 12.1 Å². The van der Waals surface area contributed by atoms with Crippen LogP contribution in [0.1, 0.15) is 55.8 Å². The molecule has 0 radical (unpaired) electrons. The normalized spacial score (nSPS) is 10.6. The molecule has 3 nitrogen and oxygen atoms in total. The van der Waals surface area contributed by atoms with Crippen molar-refractivity contribution in [2.24, 2.45) is 0 Å². The van der Waals surface area contributed by atoms with E-state index in [-0.39, 0.29) is 11.3 Å². The first-order valence-corrected chi connectivity index (χ1v) is 7.09. The molecule has 0 saturated heterocycles. The average molecular weight is 284 g/mol. The van der Waals surface area contributed by atoms with Crippen LogP contribution in [0.2, 0.25) is 0 Å². The van der Waals surface area contributed by atoms with Crippen molar-refractivity contribution in [2.75, 3.05) is 12.3 Å². The smallest absolute Gasteiger partial charge is 0.254 e. The number of hydrogen-bond acceptors (Lipinski definition) is 2. The van der Waals surface area contributed by atoms with Crippen LogP contribution in [0.25, 0.3) is 0 Å². The van der Waals surface area contributed by atoms with Gasteiger partial charge in [0.15, 0.2) is 5.82 Å². The Morgan fingerprint density at radius 2 is 1.80 bits per heavy atom. The number of unbranched alkanes of at least 4 members (excludes halogenated alkanes) is 5. The fourth-order valence-electron chi connectivity index (χ4n) is 1.98. The second kappa shape index (κ2) is 8.51. The van der Waals surface area contributed by atoms with Crippen LogP contribution in [0.5, 0.6) is 0 Å². The molecule has 0 aliphatic heterocycles. The van der Waals surface area contributed by atoms with Gasteiger partial charge < -0.3 is 11.1 Å². The predicted octanol–water partition coefficient (Wildman–Crippen LogP) is 3.64. The number of carbonyl (C=O) groups is 1. The van der Waals surface area contributed by atoms with Gasteiger partial charge >= 0.3 is 0 Å². The van der Waals surface area contributed by atoms with E-state index in [1.807, 2.05) is 0 Å². The number of rotatable bonds is 8. The molecule has 3 N–H and O–H groups in total. The van der Waals surface area contributed by atoms with E-state index in [0.29, 0.717) is 6.54 Å². The van der Waals surface area contributed by atoms with Gasteiger partial charge in [0.25, 0.3) is 5.91 Å². The van der Waals surface area contributed by atoms with Gasteiger partial charge in [-0.25, -0.2) is 8.78 Å². The summed E-state index contributed by atoms with van der Waals surface area (Å²) in [6.45, 7) is 2.61. The van der Waals surface area contributed by atoms with Gasteiger partial charge in [-0.15, -0.1) is 0 Å². The van der Waals surface area contributed by atoms with Crippen LogP contribution in [0, 0.1) is 11.6 Å². The summed E-state index contributed by atoms with van der Waals surface area (Å²) in [5.41, 5.74) is 4.60. The Morgan fingerprint density at radius 3 is 2.50 bits per heavy atom. The molecule has 0 aliphatic carbocycles. The maximum Gasteiger partial charge on any atom is 0.254 e. The van der Waals surface area contributed by atoms with Crippen molar-refractivity contribution in [2.45, 2.75) is 45.4 Å². The zero-order chi connectivity index (χ0) is 15.0. The standard InChI is InChI=1S/C15H22F2N2O/c1-2-3-4-5-6-7-8-19-15(20)12-9-11(16)10-13(18)14(12)17/h9-10H,2-8,18H2,1H3,(H,19,20). The van der Waals surface area contributed by atoms with Crippen molar-refractivity contribution >= 4 is 11.6 Å². The Kier molecular flexibility index (Phi) is 6.98. The van der Waals surface area contributed by atoms with Crippen LogP contribution >= 0.6 is 0 Å². The first-order chi connectivity index (χ1) is 9.56. The maximum absolute atomic E-state index is 13.6. The monoisotopic (exact) mass is 284 g/mol. The van der Waals surface area contributed by atoms with E-state index < -0.39 is 17.5 Å². The molecular formula is C15H22F2N2O. The minimum Gasteiger partial charge on any atom is -0.396 e. The first-order valence-electron chi connectivity index (χ1n) is 7.09. The summed E-state index contributed by atoms with van der Waals surface area (Å²) in [6.07, 6.45) is 6.59. The van der Waals surface area contributed by atoms with Crippen LogP contribution in [-0.2, 0) is 0 Å². The summed E-state index contributed by atoms with van der Waals surface area (Å²) in [5.74, 6) is -2.21. The van der Waals surface area contributed by atoms with Crippen molar-refractivity contribution < 1.29 is 13.6 Å². The largest absolute Gasteiger partial charge is 0.396 e. The summed E-state index contributed by atoms with van der Waals surface area (Å²) in [7, 11) is 0. The topological polar surface area (TPSA) is 55.1 Å². The Labute approximate surface area is 118 Å². The van der Waals surface area contributed by atoms with Gasteiger partial charge in [-0.2, -0.15) is 0 Å². The van der Waals surface area contributed by atoms with Gasteiger partial charge in [-0.1, -0.05) is 39.0 Å². The number of hydrogen-bond donors (Lipinski definition) is 2. The molecule has 0 saturated carbocycles. The molecule has 1 rings (SSSR count). The summed E-state index contributed by atoms with van der Waals surface area (Å²) in [5, 5.41) is 2.58. The van der Waals surface area contributed by atoms with Crippen molar-refractivity contribution in [3.63, 3.8) is 0 Å². The SMILES string of the molecule is CCCCCCCCNC(=O)c1cc(F)cc(N)c1F. The molecule has 0 spiro atoms. The van der Waals surface area contributed by atoms with E-state index in [4.69, 9.17) is 5.73 Å². The minimum atomic E-state index is -0.869. The number of benzene rings is 1. The number of amides is 1. The van der Waals surface area contributed by atoms with Crippen LogP contribution in [0.4, 0.5) is 14.5 Å². The highest BCUT2D eigenvalue weighted by atomic mass is 19.1. The second-order valence-corrected chi connectivity index (χ2v) is 4.88. The highest BCUT2D eigenvalue weighted by Gasteiger charge is 2.15. The number of carbonyl (C=O) groups excluding carboxylic acids is 1. The van der Waals surface area contributed by atoms with Gasteiger partial charge in [0, 0.05) is 6.54 Å². The molecular weight excluding hydrogens is 262 g/mol. The van der Waals surface area contributed by atoms with Crippen LogP contribution in [-0.4, -0.2) is 12.5 Å². The highest BCUT2D eigenvalue weighted by Crippen LogP contribution is 2.17. The van der Waals surface area contributed by atoms with Gasteiger partial charge in [0.05, 0.1) is 11.3 Å². The lowest BCUT2D eigenvalue weighted by atomic mass is 10.1. The van der Waals surface area contributed by atoms with Crippen molar-refractivity contribution in [1.29, 1.82) is 0 Å². The lowest BCUT2D eigenvalue weighted by Crippen LogP contribution is -2.25. The van der Waals surface area contributed by atoms with E-state index in [1.165, 1.54) is 19.3 Å². The van der Waals surface area contributed by atoms with Crippen molar-refractivity contribution in [1.82, 2.24) is 5.32 Å². The molecule has 1 aromatic carbocycles. The number of nitrogens with one attached hydrogen (secondary N) is 1.